The number of imidazole rings is 1. The van der Waals surface area contributed by atoms with Gasteiger partial charge in [-0.15, -0.1) is 0 Å². The number of aromatic amines is 3. The van der Waals surface area contributed by atoms with Crippen LogP contribution in [0.25, 0.3) is 11.2 Å². The van der Waals surface area contributed by atoms with Crippen molar-refractivity contribution in [2.75, 3.05) is 0 Å². The summed E-state index contributed by atoms with van der Waals surface area (Å²) in [5, 5.41) is 0. The van der Waals surface area contributed by atoms with E-state index >= 15 is 0 Å². The Bertz CT molecular complexity index is 365. The summed E-state index contributed by atoms with van der Waals surface area (Å²) in [6.07, 6.45) is 3.17. The Labute approximate surface area is 55.1 Å². The Kier molecular flexibility index (Phi) is 0.858. The highest BCUT2D eigenvalue weighted by Crippen LogP contribution is 1.94. The van der Waals surface area contributed by atoms with Crippen molar-refractivity contribution in [2.45, 2.75) is 0 Å². The highest BCUT2D eigenvalue weighted by atomic mass is 16.1. The number of nitrogens with zero attached hydrogens (tertiary/aromatic N) is 1. The molecule has 2 aromatic rings. The van der Waals surface area contributed by atoms with Gasteiger partial charge in [0.2, 0.25) is 0 Å². The van der Waals surface area contributed by atoms with Gasteiger partial charge in [0, 0.05) is 0 Å². The second-order valence-corrected chi connectivity index (χ2v) is 1.91. The summed E-state index contributed by atoms with van der Waals surface area (Å²) in [5.41, 5.74) is 1.03. The zero-order valence-electron chi connectivity index (χ0n) is 5.01. The molecule has 0 aliphatic carbocycles. The Morgan fingerprint density at radius 2 is 2.40 bits per heavy atom. The number of hydrogen-bond donors (Lipinski definition) is 2. The first-order chi connectivity index (χ1) is 4.86. The molecule has 50 valence electrons. The lowest BCUT2D eigenvalue weighted by molar-refractivity contribution is -0.380. The van der Waals surface area contributed by atoms with Gasteiger partial charge in [0.25, 0.3) is 12.0 Å². The number of nitrogens with one attached hydrogen (secondary N) is 3. The van der Waals surface area contributed by atoms with Crippen molar-refractivity contribution in [3.05, 3.63) is 23.0 Å². The smallest absolute Gasteiger partial charge is 0.299 e. The van der Waals surface area contributed by atoms with Gasteiger partial charge in [-0.05, 0) is 4.98 Å². The van der Waals surface area contributed by atoms with E-state index in [0.717, 1.165) is 0 Å². The van der Waals surface area contributed by atoms with E-state index < -0.39 is 0 Å². The fourth-order valence-electron chi connectivity index (χ4n) is 0.816. The van der Waals surface area contributed by atoms with Crippen LogP contribution in [0.1, 0.15) is 0 Å². The van der Waals surface area contributed by atoms with Crippen LogP contribution in [-0.4, -0.2) is 15.0 Å². The maximum absolute atomic E-state index is 10.6. The summed E-state index contributed by atoms with van der Waals surface area (Å²) in [4.78, 5) is 22.3. The van der Waals surface area contributed by atoms with Crippen LogP contribution in [0.3, 0.4) is 0 Å². The normalized spacial score (nSPS) is 10.4. The molecule has 0 saturated heterocycles. The molecule has 5 nitrogen and oxygen atoms in total. The van der Waals surface area contributed by atoms with Crippen LogP contribution < -0.4 is 10.7 Å². The molecule has 0 spiro atoms. The second-order valence-electron chi connectivity index (χ2n) is 1.91. The average molecular weight is 137 g/mol. The topological polar surface area (TPSA) is 75.7 Å². The Morgan fingerprint density at radius 3 is 3.20 bits per heavy atom. The summed E-state index contributed by atoms with van der Waals surface area (Å²) in [6, 6.07) is 0. The minimum absolute atomic E-state index is 0.234. The van der Waals surface area contributed by atoms with Crippen molar-refractivity contribution < 1.29 is 4.98 Å². The van der Waals surface area contributed by atoms with Gasteiger partial charge in [-0.3, -0.25) is 9.97 Å². The monoisotopic (exact) mass is 137 g/mol. The highest BCUT2D eigenvalue weighted by molar-refractivity contribution is 5.66. The molecule has 0 atom stereocenters. The summed E-state index contributed by atoms with van der Waals surface area (Å²) >= 11 is 0. The van der Waals surface area contributed by atoms with Crippen LogP contribution in [-0.2, 0) is 0 Å². The van der Waals surface area contributed by atoms with Crippen molar-refractivity contribution in [1.29, 1.82) is 0 Å². The van der Waals surface area contributed by atoms with Gasteiger partial charge in [-0.25, -0.2) is 9.78 Å². The first-order valence-corrected chi connectivity index (χ1v) is 2.80. The van der Waals surface area contributed by atoms with Crippen LogP contribution in [0.5, 0.6) is 0 Å². The summed E-state index contributed by atoms with van der Waals surface area (Å²) in [6.45, 7) is 0. The molecule has 3 N–H and O–H groups in total. The SMILES string of the molecule is O=c1[nH]c2c[nH+]cnc2[nH]1. The quantitative estimate of drug-likeness (QED) is 0.492. The van der Waals surface area contributed by atoms with Gasteiger partial charge >= 0.3 is 5.69 Å². The van der Waals surface area contributed by atoms with Crippen LogP contribution in [0.4, 0.5) is 0 Å². The molecule has 0 unspecified atom stereocenters. The fraction of sp³-hybridized carbons (Fsp3) is 0. The van der Waals surface area contributed by atoms with Gasteiger partial charge in [-0.2, -0.15) is 0 Å². The molecule has 2 aromatic heterocycles. The van der Waals surface area contributed by atoms with E-state index in [4.69, 9.17) is 0 Å². The van der Waals surface area contributed by atoms with Crippen LogP contribution in [0, 0.1) is 0 Å². The van der Waals surface area contributed by atoms with E-state index in [-0.39, 0.29) is 5.69 Å². The second kappa shape index (κ2) is 1.66. The Hall–Kier alpha value is -1.65. The first kappa shape index (κ1) is 5.16. The first-order valence-electron chi connectivity index (χ1n) is 2.80. The third-order valence-corrected chi connectivity index (χ3v) is 1.23. The molecule has 0 bridgehead atoms. The molecular formula is C5H5N4O+. The van der Waals surface area contributed by atoms with Gasteiger partial charge in [0.1, 0.15) is 6.20 Å². The number of hydrogen-bond acceptors (Lipinski definition) is 2. The largest absolute Gasteiger partial charge is 0.326 e. The van der Waals surface area contributed by atoms with Crippen LogP contribution >= 0.6 is 0 Å². The maximum Gasteiger partial charge on any atom is 0.326 e. The molecule has 0 aliphatic rings. The number of H-pyrrole nitrogens is 3. The van der Waals surface area contributed by atoms with Gasteiger partial charge in [-0.1, -0.05) is 0 Å². The zero-order chi connectivity index (χ0) is 6.97. The lowest BCUT2D eigenvalue weighted by Crippen LogP contribution is -2.00. The van der Waals surface area contributed by atoms with Gasteiger partial charge in [0.05, 0.1) is 0 Å². The molecule has 0 saturated carbocycles. The van der Waals surface area contributed by atoms with Gasteiger partial charge in [0.15, 0.2) is 5.52 Å². The molecule has 0 radical (unpaired) electrons. The number of fused-ring (bicyclic) bond motifs is 1. The van der Waals surface area contributed by atoms with Crippen molar-refractivity contribution in [2.24, 2.45) is 0 Å². The molecule has 0 amide bonds. The minimum Gasteiger partial charge on any atom is -0.299 e. The fourth-order valence-corrected chi connectivity index (χ4v) is 0.816. The molecule has 2 heterocycles. The van der Waals surface area contributed by atoms with Crippen molar-refractivity contribution in [3.63, 3.8) is 0 Å². The zero-order valence-corrected chi connectivity index (χ0v) is 5.01. The molecule has 2 rings (SSSR count). The van der Waals surface area contributed by atoms with E-state index in [1.807, 2.05) is 0 Å². The molecule has 0 fully saturated rings. The molecule has 10 heavy (non-hydrogen) atoms. The van der Waals surface area contributed by atoms with E-state index in [9.17, 15) is 4.79 Å². The third kappa shape index (κ3) is 0.604. The molecule has 0 aromatic carbocycles. The summed E-state index contributed by atoms with van der Waals surface area (Å²) in [7, 11) is 0. The van der Waals surface area contributed by atoms with Crippen LogP contribution in [0.15, 0.2) is 17.3 Å². The lowest BCUT2D eigenvalue weighted by Gasteiger charge is -1.72. The Morgan fingerprint density at radius 1 is 1.50 bits per heavy atom. The summed E-state index contributed by atoms with van der Waals surface area (Å²) < 4.78 is 0. The molecule has 5 heteroatoms. The molecule has 0 aliphatic heterocycles. The number of aromatic nitrogens is 4. The minimum atomic E-state index is -0.234. The van der Waals surface area contributed by atoms with E-state index in [1.54, 1.807) is 6.20 Å². The van der Waals surface area contributed by atoms with Crippen molar-refractivity contribution in [1.82, 2.24) is 15.0 Å². The van der Waals surface area contributed by atoms with Crippen molar-refractivity contribution >= 4 is 11.2 Å². The predicted octanol–water partition coefficient (Wildman–Crippen LogP) is -0.935. The highest BCUT2D eigenvalue weighted by Gasteiger charge is 2.01. The molecular weight excluding hydrogens is 132 g/mol. The lowest BCUT2D eigenvalue weighted by atomic mass is 10.6. The maximum atomic E-state index is 10.6. The Balaban J connectivity index is 3.01. The third-order valence-electron chi connectivity index (χ3n) is 1.23. The van der Waals surface area contributed by atoms with E-state index in [2.05, 4.69) is 19.9 Å². The predicted molar refractivity (Wildman–Crippen MR) is 33.3 cm³/mol. The van der Waals surface area contributed by atoms with E-state index in [1.165, 1.54) is 6.33 Å². The number of rotatable bonds is 0. The van der Waals surface area contributed by atoms with Crippen LogP contribution in [0.2, 0.25) is 0 Å². The van der Waals surface area contributed by atoms with Gasteiger partial charge < -0.3 is 0 Å². The average Bonchev–Trinajstić information content (AvgIpc) is 2.27. The van der Waals surface area contributed by atoms with E-state index in [0.29, 0.717) is 11.2 Å². The standard InChI is InChI=1S/C5H4N4O/c10-5-8-3-1-6-2-7-4(3)9-5/h1-2H,(H2,6,7,8,9,10)/p+1. The summed E-state index contributed by atoms with van der Waals surface area (Å²) in [5.74, 6) is 0. The van der Waals surface area contributed by atoms with Crippen molar-refractivity contribution in [3.8, 4) is 0 Å².